The number of aryl methyl sites for hydroxylation is 2. The van der Waals surface area contributed by atoms with Gasteiger partial charge in [0.25, 0.3) is 11.5 Å². The molecule has 4 nitrogen and oxygen atoms in total. The van der Waals surface area contributed by atoms with Crippen LogP contribution < -0.4 is 10.9 Å². The highest BCUT2D eigenvalue weighted by molar-refractivity contribution is 9.10. The van der Waals surface area contributed by atoms with E-state index in [4.69, 9.17) is 0 Å². The standard InChI is InChI=1S/C19H17BrN2O2/c1-11-7-12(2)17-13(8-11)9-14(18(23)22-17)10-21-19(24)15-5-3-4-6-16(15)20/h3-9H,10H2,1-2H3,(H,21,24)(H,22,23). The molecule has 0 aliphatic heterocycles. The van der Waals surface area contributed by atoms with E-state index >= 15 is 0 Å². The molecule has 0 saturated carbocycles. The number of carbonyl (C=O) groups excluding carboxylic acids is 1. The molecule has 1 amide bonds. The lowest BCUT2D eigenvalue weighted by Crippen LogP contribution is -2.27. The summed E-state index contributed by atoms with van der Waals surface area (Å²) in [5, 5.41) is 3.77. The first-order valence-corrected chi connectivity index (χ1v) is 8.41. The first-order chi connectivity index (χ1) is 11.5. The third-order valence-corrected chi connectivity index (χ3v) is 4.62. The van der Waals surface area contributed by atoms with Crippen molar-refractivity contribution < 1.29 is 4.79 Å². The maximum absolute atomic E-state index is 12.3. The van der Waals surface area contributed by atoms with Gasteiger partial charge in [0.05, 0.1) is 11.1 Å². The third-order valence-electron chi connectivity index (χ3n) is 3.93. The quantitative estimate of drug-likeness (QED) is 0.720. The number of nitrogens with one attached hydrogen (secondary N) is 2. The number of hydrogen-bond donors (Lipinski definition) is 2. The zero-order valence-electron chi connectivity index (χ0n) is 13.4. The number of aromatic nitrogens is 1. The van der Waals surface area contributed by atoms with Crippen molar-refractivity contribution in [3.8, 4) is 0 Å². The van der Waals surface area contributed by atoms with E-state index in [0.29, 0.717) is 11.1 Å². The fourth-order valence-electron chi connectivity index (χ4n) is 2.78. The number of pyridine rings is 1. The highest BCUT2D eigenvalue weighted by atomic mass is 79.9. The Morgan fingerprint density at radius 1 is 1.17 bits per heavy atom. The van der Waals surface area contributed by atoms with Crippen LogP contribution in [0, 0.1) is 13.8 Å². The van der Waals surface area contributed by atoms with Crippen LogP contribution >= 0.6 is 15.9 Å². The average molecular weight is 385 g/mol. The minimum absolute atomic E-state index is 0.179. The van der Waals surface area contributed by atoms with Crippen molar-refractivity contribution in [2.24, 2.45) is 0 Å². The summed E-state index contributed by atoms with van der Waals surface area (Å²) in [6.07, 6.45) is 0. The Kier molecular flexibility index (Phi) is 4.53. The number of carbonyl (C=O) groups is 1. The lowest BCUT2D eigenvalue weighted by atomic mass is 10.1. The van der Waals surface area contributed by atoms with E-state index in [-0.39, 0.29) is 18.0 Å². The molecule has 3 aromatic rings. The van der Waals surface area contributed by atoms with E-state index in [1.54, 1.807) is 12.1 Å². The molecule has 0 bridgehead atoms. The molecule has 2 aromatic carbocycles. The Bertz CT molecular complexity index is 992. The Balaban J connectivity index is 1.88. The highest BCUT2D eigenvalue weighted by Crippen LogP contribution is 2.18. The molecular weight excluding hydrogens is 368 g/mol. The maximum atomic E-state index is 12.3. The maximum Gasteiger partial charge on any atom is 0.253 e. The number of rotatable bonds is 3. The van der Waals surface area contributed by atoms with Crippen LogP contribution in [-0.4, -0.2) is 10.9 Å². The number of H-pyrrole nitrogens is 1. The van der Waals surface area contributed by atoms with Crippen molar-refractivity contribution in [2.75, 3.05) is 0 Å². The van der Waals surface area contributed by atoms with Crippen LogP contribution in [0.2, 0.25) is 0 Å². The van der Waals surface area contributed by atoms with Crippen LogP contribution in [0.15, 0.2) is 51.7 Å². The van der Waals surface area contributed by atoms with Crippen LogP contribution in [0.5, 0.6) is 0 Å². The summed E-state index contributed by atoms with van der Waals surface area (Å²) in [5.41, 5.74) is 3.91. The number of hydrogen-bond acceptors (Lipinski definition) is 2. The summed E-state index contributed by atoms with van der Waals surface area (Å²) in [4.78, 5) is 27.5. The molecule has 0 atom stereocenters. The Morgan fingerprint density at radius 2 is 1.92 bits per heavy atom. The van der Waals surface area contributed by atoms with Crippen LogP contribution in [0.25, 0.3) is 10.9 Å². The van der Waals surface area contributed by atoms with Gasteiger partial charge in [-0.05, 0) is 65.0 Å². The predicted octanol–water partition coefficient (Wildman–Crippen LogP) is 3.84. The molecule has 2 N–H and O–H groups in total. The Labute approximate surface area is 148 Å². The lowest BCUT2D eigenvalue weighted by Gasteiger charge is -2.09. The zero-order chi connectivity index (χ0) is 17.3. The molecule has 1 heterocycles. The SMILES string of the molecule is Cc1cc(C)c2[nH]c(=O)c(CNC(=O)c3ccccc3Br)cc2c1. The zero-order valence-corrected chi connectivity index (χ0v) is 15.0. The molecular formula is C19H17BrN2O2. The average Bonchev–Trinajstić information content (AvgIpc) is 2.54. The molecule has 0 aliphatic carbocycles. The first kappa shape index (κ1) is 16.5. The molecule has 0 radical (unpaired) electrons. The molecule has 122 valence electrons. The van der Waals surface area contributed by atoms with Gasteiger partial charge >= 0.3 is 0 Å². The van der Waals surface area contributed by atoms with Gasteiger partial charge in [-0.25, -0.2) is 0 Å². The second kappa shape index (κ2) is 6.61. The van der Waals surface area contributed by atoms with E-state index in [1.807, 2.05) is 44.2 Å². The molecule has 0 spiro atoms. The summed E-state index contributed by atoms with van der Waals surface area (Å²) in [6.45, 7) is 4.17. The van der Waals surface area contributed by atoms with Crippen LogP contribution in [0.4, 0.5) is 0 Å². The number of fused-ring (bicyclic) bond motifs is 1. The fourth-order valence-corrected chi connectivity index (χ4v) is 3.24. The molecule has 1 aromatic heterocycles. The molecule has 0 aliphatic rings. The molecule has 5 heteroatoms. The van der Waals surface area contributed by atoms with Crippen molar-refractivity contribution in [3.05, 3.63) is 79.5 Å². The second-order valence-electron chi connectivity index (χ2n) is 5.83. The molecule has 24 heavy (non-hydrogen) atoms. The van der Waals surface area contributed by atoms with Crippen molar-refractivity contribution in [3.63, 3.8) is 0 Å². The van der Waals surface area contributed by atoms with Crippen molar-refractivity contribution in [1.82, 2.24) is 10.3 Å². The monoisotopic (exact) mass is 384 g/mol. The van der Waals surface area contributed by atoms with Gasteiger partial charge in [0.1, 0.15) is 0 Å². The first-order valence-electron chi connectivity index (χ1n) is 7.61. The van der Waals surface area contributed by atoms with Gasteiger partial charge in [-0.1, -0.05) is 23.8 Å². The van der Waals surface area contributed by atoms with E-state index in [1.165, 1.54) is 0 Å². The van der Waals surface area contributed by atoms with Crippen molar-refractivity contribution in [1.29, 1.82) is 0 Å². The number of aromatic amines is 1. The Morgan fingerprint density at radius 3 is 2.67 bits per heavy atom. The van der Waals surface area contributed by atoms with Gasteiger partial charge in [0.15, 0.2) is 0 Å². The third kappa shape index (κ3) is 3.26. The van der Waals surface area contributed by atoms with Gasteiger partial charge in [-0.2, -0.15) is 0 Å². The van der Waals surface area contributed by atoms with Gasteiger partial charge in [0, 0.05) is 16.6 Å². The van der Waals surface area contributed by atoms with Gasteiger partial charge < -0.3 is 10.3 Å². The van der Waals surface area contributed by atoms with Gasteiger partial charge in [-0.3, -0.25) is 9.59 Å². The van der Waals surface area contributed by atoms with Gasteiger partial charge in [-0.15, -0.1) is 0 Å². The lowest BCUT2D eigenvalue weighted by molar-refractivity contribution is 0.0950. The van der Waals surface area contributed by atoms with E-state index in [9.17, 15) is 9.59 Å². The largest absolute Gasteiger partial charge is 0.348 e. The summed E-state index contributed by atoms with van der Waals surface area (Å²) < 4.78 is 0.723. The summed E-state index contributed by atoms with van der Waals surface area (Å²) in [6, 6.07) is 13.1. The summed E-state index contributed by atoms with van der Waals surface area (Å²) in [7, 11) is 0. The smallest absolute Gasteiger partial charge is 0.253 e. The normalized spacial score (nSPS) is 10.8. The molecule has 0 unspecified atom stereocenters. The molecule has 3 rings (SSSR count). The fraction of sp³-hybridized carbons (Fsp3) is 0.158. The molecule has 0 saturated heterocycles. The van der Waals surface area contributed by atoms with Crippen LogP contribution in [0.3, 0.4) is 0 Å². The number of halogens is 1. The topological polar surface area (TPSA) is 62.0 Å². The number of benzene rings is 2. The second-order valence-corrected chi connectivity index (χ2v) is 6.69. The van der Waals surface area contributed by atoms with Crippen LogP contribution in [0.1, 0.15) is 27.0 Å². The molecule has 0 fully saturated rings. The van der Waals surface area contributed by atoms with Gasteiger partial charge in [0.2, 0.25) is 0 Å². The minimum Gasteiger partial charge on any atom is -0.348 e. The van der Waals surface area contributed by atoms with Crippen LogP contribution in [-0.2, 0) is 6.54 Å². The van der Waals surface area contributed by atoms with E-state index in [0.717, 1.165) is 26.5 Å². The summed E-state index contributed by atoms with van der Waals surface area (Å²) in [5.74, 6) is -0.220. The van der Waals surface area contributed by atoms with Crippen molar-refractivity contribution >= 4 is 32.7 Å². The predicted molar refractivity (Wildman–Crippen MR) is 99.4 cm³/mol. The van der Waals surface area contributed by atoms with Crippen molar-refractivity contribution in [2.45, 2.75) is 20.4 Å². The number of amides is 1. The summed E-state index contributed by atoms with van der Waals surface area (Å²) >= 11 is 3.36. The minimum atomic E-state index is -0.220. The Hall–Kier alpha value is -2.40. The highest BCUT2D eigenvalue weighted by Gasteiger charge is 2.11. The van der Waals surface area contributed by atoms with E-state index in [2.05, 4.69) is 26.2 Å². The van der Waals surface area contributed by atoms with E-state index < -0.39 is 0 Å².